The van der Waals surface area contributed by atoms with E-state index >= 15 is 0 Å². The van der Waals surface area contributed by atoms with Crippen LogP contribution < -0.4 is 4.74 Å². The number of carbonyl (C=O) groups is 1. The molecule has 1 aliphatic heterocycles. The Balaban J connectivity index is 2.55. The number of halogens is 3. The zero-order valence-electron chi connectivity index (χ0n) is 8.23. The summed E-state index contributed by atoms with van der Waals surface area (Å²) < 4.78 is 42.0. The fraction of sp³-hybridized carbons (Fsp3) is 0.300. The lowest BCUT2D eigenvalue weighted by atomic mass is 9.95. The summed E-state index contributed by atoms with van der Waals surface area (Å²) in [6, 6.07) is 5.07. The minimum Gasteiger partial charge on any atom is -0.450 e. The molecule has 0 saturated heterocycles. The largest absolute Gasteiger partial charge is 0.458 e. The summed E-state index contributed by atoms with van der Waals surface area (Å²) in [5, 5.41) is 18.5. The van der Waals surface area contributed by atoms with Gasteiger partial charge in [0, 0.05) is 0 Å². The Kier molecular flexibility index (Phi) is 2.41. The van der Waals surface area contributed by atoms with Crippen molar-refractivity contribution in [2.75, 3.05) is 0 Å². The van der Waals surface area contributed by atoms with E-state index in [1.807, 2.05) is 0 Å². The van der Waals surface area contributed by atoms with Crippen LogP contribution in [0.5, 0.6) is 5.75 Å². The summed E-state index contributed by atoms with van der Waals surface area (Å²) in [6.45, 7) is 0. The highest BCUT2D eigenvalue weighted by atomic mass is 19.4. The normalized spacial score (nSPS) is 28.5. The quantitative estimate of drug-likeness (QED) is 0.715. The summed E-state index contributed by atoms with van der Waals surface area (Å²) in [5.41, 5.74) is -0.200. The monoisotopic (exact) mass is 248 g/mol. The van der Waals surface area contributed by atoms with Crippen LogP contribution in [0.2, 0.25) is 0 Å². The molecule has 0 radical (unpaired) electrons. The molecule has 1 aromatic carbocycles. The number of ketones is 1. The molecule has 0 aromatic heterocycles. The Bertz CT molecular complexity index is 471. The third-order valence-corrected chi connectivity index (χ3v) is 2.44. The van der Waals surface area contributed by atoms with E-state index in [1.165, 1.54) is 18.2 Å². The van der Waals surface area contributed by atoms with Gasteiger partial charge in [-0.25, -0.2) is 0 Å². The van der Waals surface area contributed by atoms with Gasteiger partial charge in [-0.05, 0) is 12.1 Å². The number of hydrogen-bond acceptors (Lipinski definition) is 4. The SMILES string of the molecule is O=C1c2ccccc2OC(O)(C(F)(F)F)C1O. The van der Waals surface area contributed by atoms with Crippen LogP contribution in [0.4, 0.5) is 13.2 Å². The molecule has 0 saturated carbocycles. The first-order chi connectivity index (χ1) is 7.77. The van der Waals surface area contributed by atoms with Crippen LogP contribution in [0.3, 0.4) is 0 Å². The van der Waals surface area contributed by atoms with Gasteiger partial charge < -0.3 is 14.9 Å². The second-order valence-corrected chi connectivity index (χ2v) is 3.56. The summed E-state index contributed by atoms with van der Waals surface area (Å²) in [6.07, 6.45) is -7.98. The zero-order chi connectivity index (χ0) is 12.8. The first-order valence-electron chi connectivity index (χ1n) is 4.57. The number of fused-ring (bicyclic) bond motifs is 1. The van der Waals surface area contributed by atoms with E-state index in [-0.39, 0.29) is 5.56 Å². The van der Waals surface area contributed by atoms with Gasteiger partial charge in [0.2, 0.25) is 5.78 Å². The molecule has 7 heteroatoms. The molecule has 2 unspecified atom stereocenters. The van der Waals surface area contributed by atoms with Crippen LogP contribution in [-0.4, -0.2) is 34.1 Å². The molecule has 0 aliphatic carbocycles. The van der Waals surface area contributed by atoms with Crippen molar-refractivity contribution >= 4 is 5.78 Å². The van der Waals surface area contributed by atoms with Crippen LogP contribution in [0.15, 0.2) is 24.3 Å². The lowest BCUT2D eigenvalue weighted by molar-refractivity contribution is -0.358. The first kappa shape index (κ1) is 11.9. The lowest BCUT2D eigenvalue weighted by Crippen LogP contribution is -2.63. The van der Waals surface area contributed by atoms with Gasteiger partial charge in [-0.2, -0.15) is 13.2 Å². The first-order valence-corrected chi connectivity index (χ1v) is 4.57. The molecule has 1 heterocycles. The summed E-state index contributed by atoms with van der Waals surface area (Å²) >= 11 is 0. The molecule has 4 nitrogen and oxygen atoms in total. The van der Waals surface area contributed by atoms with E-state index in [2.05, 4.69) is 4.74 Å². The summed E-state index contributed by atoms with van der Waals surface area (Å²) in [7, 11) is 0. The smallest absolute Gasteiger partial charge is 0.450 e. The molecule has 2 N–H and O–H groups in total. The van der Waals surface area contributed by atoms with E-state index in [0.717, 1.165) is 6.07 Å². The van der Waals surface area contributed by atoms with Crippen molar-refractivity contribution in [1.82, 2.24) is 0 Å². The van der Waals surface area contributed by atoms with Crippen molar-refractivity contribution in [3.63, 3.8) is 0 Å². The van der Waals surface area contributed by atoms with E-state index in [0.29, 0.717) is 0 Å². The van der Waals surface area contributed by atoms with Gasteiger partial charge in [0.05, 0.1) is 5.56 Å². The summed E-state index contributed by atoms with van der Waals surface area (Å²) in [5.74, 6) is -5.55. The highest BCUT2D eigenvalue weighted by Gasteiger charge is 2.66. The molecular weight excluding hydrogens is 241 g/mol. The van der Waals surface area contributed by atoms with Crippen molar-refractivity contribution in [3.05, 3.63) is 29.8 Å². The maximum atomic E-state index is 12.6. The number of rotatable bonds is 0. The highest BCUT2D eigenvalue weighted by Crippen LogP contribution is 2.41. The second kappa shape index (κ2) is 3.44. The van der Waals surface area contributed by atoms with Gasteiger partial charge in [0.25, 0.3) is 0 Å². The van der Waals surface area contributed by atoms with Crippen LogP contribution in [0, 0.1) is 0 Å². The number of carbonyl (C=O) groups excluding carboxylic acids is 1. The predicted octanol–water partition coefficient (Wildman–Crippen LogP) is 0.873. The molecular formula is C10H7F3O4. The van der Waals surface area contributed by atoms with Gasteiger partial charge in [0.15, 0.2) is 6.10 Å². The van der Waals surface area contributed by atoms with Gasteiger partial charge in [-0.1, -0.05) is 12.1 Å². The van der Waals surface area contributed by atoms with E-state index in [1.54, 1.807) is 0 Å². The Hall–Kier alpha value is -1.60. The molecule has 1 aromatic rings. The number of aliphatic hydroxyl groups excluding tert-OH is 1. The molecule has 17 heavy (non-hydrogen) atoms. The molecule has 2 atom stereocenters. The Morgan fingerprint density at radius 2 is 1.88 bits per heavy atom. The molecule has 0 amide bonds. The molecule has 0 fully saturated rings. The molecule has 0 spiro atoms. The predicted molar refractivity (Wildman–Crippen MR) is 48.4 cm³/mol. The third-order valence-electron chi connectivity index (χ3n) is 2.44. The van der Waals surface area contributed by atoms with Crippen LogP contribution in [0.25, 0.3) is 0 Å². The van der Waals surface area contributed by atoms with Crippen molar-refractivity contribution in [3.8, 4) is 5.75 Å². The minimum atomic E-state index is -5.28. The maximum absolute atomic E-state index is 12.6. The van der Waals surface area contributed by atoms with E-state index in [9.17, 15) is 28.2 Å². The average molecular weight is 248 g/mol. The van der Waals surface area contributed by atoms with Gasteiger partial charge in [-0.3, -0.25) is 4.79 Å². The maximum Gasteiger partial charge on any atom is 0.458 e. The van der Waals surface area contributed by atoms with Crippen molar-refractivity contribution < 1.29 is 32.9 Å². The number of ether oxygens (including phenoxy) is 1. The minimum absolute atomic E-state index is 0.200. The van der Waals surface area contributed by atoms with Crippen molar-refractivity contribution in [2.45, 2.75) is 18.1 Å². The molecule has 2 rings (SSSR count). The number of benzene rings is 1. The number of Topliss-reactive ketones (excluding diaryl/α,β-unsaturated/α-hetero) is 1. The topological polar surface area (TPSA) is 66.8 Å². The number of hydrogen-bond donors (Lipinski definition) is 2. The third kappa shape index (κ3) is 1.58. The fourth-order valence-corrected chi connectivity index (χ4v) is 1.52. The van der Waals surface area contributed by atoms with Gasteiger partial charge >= 0.3 is 12.0 Å². The Morgan fingerprint density at radius 1 is 1.29 bits per heavy atom. The van der Waals surface area contributed by atoms with E-state index < -0.39 is 29.6 Å². The van der Waals surface area contributed by atoms with Crippen molar-refractivity contribution in [1.29, 1.82) is 0 Å². The number of alkyl halides is 3. The van der Waals surface area contributed by atoms with Crippen LogP contribution in [0.1, 0.15) is 10.4 Å². The van der Waals surface area contributed by atoms with Crippen molar-refractivity contribution in [2.24, 2.45) is 0 Å². The van der Waals surface area contributed by atoms with Crippen LogP contribution in [-0.2, 0) is 0 Å². The average Bonchev–Trinajstić information content (AvgIpc) is 2.25. The second-order valence-electron chi connectivity index (χ2n) is 3.56. The Morgan fingerprint density at radius 3 is 2.47 bits per heavy atom. The fourth-order valence-electron chi connectivity index (χ4n) is 1.52. The van der Waals surface area contributed by atoms with Gasteiger partial charge in [-0.15, -0.1) is 0 Å². The Labute approximate surface area is 93.2 Å². The standard InChI is InChI=1S/C10H7F3O4/c11-10(12,13)9(16)8(15)7(14)5-3-1-2-4-6(5)17-9/h1-4,8,15-16H. The highest BCUT2D eigenvalue weighted by molar-refractivity contribution is 6.03. The van der Waals surface area contributed by atoms with Gasteiger partial charge in [0.1, 0.15) is 5.75 Å². The van der Waals surface area contributed by atoms with E-state index in [4.69, 9.17) is 0 Å². The van der Waals surface area contributed by atoms with Crippen LogP contribution >= 0.6 is 0 Å². The summed E-state index contributed by atoms with van der Waals surface area (Å²) in [4.78, 5) is 11.5. The number of para-hydroxylation sites is 1. The zero-order valence-corrected chi connectivity index (χ0v) is 8.23. The molecule has 1 aliphatic rings. The molecule has 0 bridgehead atoms. The number of aliphatic hydroxyl groups is 2. The molecule has 92 valence electrons. The lowest BCUT2D eigenvalue weighted by Gasteiger charge is -2.37.